The van der Waals surface area contributed by atoms with E-state index in [2.05, 4.69) is 15.6 Å². The van der Waals surface area contributed by atoms with E-state index in [1.165, 1.54) is 4.68 Å². The molecule has 7 nitrogen and oxygen atoms in total. The average molecular weight is 352 g/mol. The molecule has 0 bridgehead atoms. The predicted molar refractivity (Wildman–Crippen MR) is 101 cm³/mol. The van der Waals surface area contributed by atoms with Gasteiger partial charge in [0.1, 0.15) is 18.0 Å². The Kier molecular flexibility index (Phi) is 5.26. The highest BCUT2D eigenvalue weighted by Crippen LogP contribution is 2.17. The van der Waals surface area contributed by atoms with E-state index in [9.17, 15) is 4.79 Å². The molecule has 0 aliphatic heterocycles. The molecule has 1 N–H and O–H groups in total. The van der Waals surface area contributed by atoms with Gasteiger partial charge in [0, 0.05) is 6.42 Å². The molecule has 3 aromatic rings. The number of nitrogens with zero attached hydrogens (tertiary/aromatic N) is 4. The number of hydrogen-bond acceptors (Lipinski definition) is 4. The maximum Gasteiger partial charge on any atom is 0.367 e. The fraction of sp³-hybridized carbons (Fsp3) is 0.263. The third kappa shape index (κ3) is 3.56. The number of aryl methyl sites for hydroxylation is 1. The summed E-state index contributed by atoms with van der Waals surface area (Å²) in [6.07, 6.45) is 0.618. The van der Waals surface area contributed by atoms with E-state index >= 15 is 0 Å². The second-order valence-corrected chi connectivity index (χ2v) is 5.65. The monoisotopic (exact) mass is 352 g/mol. The number of rotatable bonds is 6. The van der Waals surface area contributed by atoms with Crippen LogP contribution < -0.4 is 15.8 Å². The summed E-state index contributed by atoms with van der Waals surface area (Å²) in [7, 11) is 1.62. The molecule has 134 valence electrons. The molecule has 0 aliphatic rings. The van der Waals surface area contributed by atoms with E-state index in [0.29, 0.717) is 29.7 Å². The zero-order valence-electron chi connectivity index (χ0n) is 15.1. The number of hydrazine groups is 1. The summed E-state index contributed by atoms with van der Waals surface area (Å²) < 4.78 is 6.62. The first-order valence-corrected chi connectivity index (χ1v) is 8.56. The molecule has 26 heavy (non-hydrogen) atoms. The van der Waals surface area contributed by atoms with Gasteiger partial charge in [-0.05, 0) is 43.3 Å². The minimum Gasteiger partial charge on any atom is -0.497 e. The fourth-order valence-electron chi connectivity index (χ4n) is 2.59. The van der Waals surface area contributed by atoms with Gasteiger partial charge in [-0.2, -0.15) is 0 Å². The molecule has 3 rings (SSSR count). The number of para-hydroxylation sites is 1. The van der Waals surface area contributed by atoms with Crippen molar-refractivity contribution in [3.05, 3.63) is 64.7 Å². The van der Waals surface area contributed by atoms with Crippen LogP contribution in [0.4, 0.5) is 5.69 Å². The molecule has 0 atom stereocenters. The van der Waals surface area contributed by atoms with Crippen molar-refractivity contribution in [1.29, 1.82) is 0 Å². The number of ether oxygens (including phenoxy) is 1. The maximum absolute atomic E-state index is 12.9. The van der Waals surface area contributed by atoms with Gasteiger partial charge in [-0.1, -0.05) is 39.2 Å². The van der Waals surface area contributed by atoms with E-state index in [4.69, 9.17) is 4.74 Å². The minimum absolute atomic E-state index is 0.143. The van der Waals surface area contributed by atoms with E-state index in [-0.39, 0.29) is 5.56 Å². The van der Waals surface area contributed by atoms with E-state index < -0.39 is 0 Å². The third-order valence-corrected chi connectivity index (χ3v) is 3.98. The lowest BCUT2D eigenvalue weighted by Gasteiger charge is -2.09. The quantitative estimate of drug-likeness (QED) is 0.420. The van der Waals surface area contributed by atoms with Crippen LogP contribution in [0, 0.1) is 0 Å². The predicted octanol–water partition coefficient (Wildman–Crippen LogP) is 3.24. The normalized spacial score (nSPS) is 11.6. The van der Waals surface area contributed by atoms with Crippen LogP contribution in [-0.4, -0.2) is 28.1 Å². The largest absolute Gasteiger partial charge is 0.497 e. The van der Waals surface area contributed by atoms with Gasteiger partial charge in [-0.3, -0.25) is 0 Å². The molecule has 0 spiro atoms. The molecule has 0 radical (unpaired) electrons. The number of hydrogen-bond donors (Lipinski definition) is 1. The number of methoxy groups -OCH3 is 1. The third-order valence-electron chi connectivity index (χ3n) is 3.98. The lowest BCUT2D eigenvalue weighted by molar-refractivity contribution is -0.571. The summed E-state index contributed by atoms with van der Waals surface area (Å²) in [5.41, 5.74) is 4.37. The van der Waals surface area contributed by atoms with Gasteiger partial charge in [0.15, 0.2) is 0 Å². The van der Waals surface area contributed by atoms with Crippen LogP contribution in [0.5, 0.6) is 5.75 Å². The maximum atomic E-state index is 12.9. The first-order chi connectivity index (χ1) is 12.7. The number of fused-ring (bicyclic) bond motifs is 1. The van der Waals surface area contributed by atoms with E-state index in [1.807, 2.05) is 56.3 Å². The highest BCUT2D eigenvalue weighted by Gasteiger charge is 2.17. The first kappa shape index (κ1) is 17.6. The highest BCUT2D eigenvalue weighted by molar-refractivity contribution is 5.77. The molecule has 0 amide bonds. The standard InChI is InChI=1S/C19H22N5O2/c1-4-18-20-17-9-7-6-8-16(17)19(25)24(18)22-23(5-2)21-14-10-12-15(26-3)13-11-14/h6-13H,4-5H2,1-3H3,(H,21,22)/q+1. The van der Waals surface area contributed by atoms with Gasteiger partial charge in [-0.15, -0.1) is 0 Å². The second-order valence-electron chi connectivity index (χ2n) is 5.65. The van der Waals surface area contributed by atoms with Crippen molar-refractivity contribution < 1.29 is 9.54 Å². The van der Waals surface area contributed by atoms with Crippen LogP contribution in [0.2, 0.25) is 0 Å². The van der Waals surface area contributed by atoms with Crippen LogP contribution in [0.25, 0.3) is 10.9 Å². The molecule has 0 saturated heterocycles. The van der Waals surface area contributed by atoms with Crippen molar-refractivity contribution in [3.63, 3.8) is 0 Å². The lowest BCUT2D eigenvalue weighted by atomic mass is 10.2. The summed E-state index contributed by atoms with van der Waals surface area (Å²) >= 11 is 0. The Labute approximate surface area is 151 Å². The zero-order chi connectivity index (χ0) is 18.5. The van der Waals surface area contributed by atoms with Crippen LogP contribution in [0.1, 0.15) is 19.7 Å². The molecule has 0 saturated carbocycles. The number of aromatic nitrogens is 2. The molecule has 2 aromatic carbocycles. The van der Waals surface area contributed by atoms with Crippen LogP contribution in [-0.2, 0) is 6.42 Å². The highest BCUT2D eigenvalue weighted by atomic mass is 16.5. The Balaban J connectivity index is 2.00. The summed E-state index contributed by atoms with van der Waals surface area (Å²) in [6, 6.07) is 14.7. The van der Waals surface area contributed by atoms with Crippen LogP contribution in [0.15, 0.2) is 58.4 Å². The smallest absolute Gasteiger partial charge is 0.367 e. The minimum atomic E-state index is -0.143. The summed E-state index contributed by atoms with van der Waals surface area (Å²) in [6.45, 7) is 4.48. The van der Waals surface area contributed by atoms with E-state index in [0.717, 1.165) is 11.4 Å². The van der Waals surface area contributed by atoms with Crippen molar-refractivity contribution in [1.82, 2.24) is 9.66 Å². The molecule has 1 aromatic heterocycles. The van der Waals surface area contributed by atoms with Crippen LogP contribution >= 0.6 is 0 Å². The van der Waals surface area contributed by atoms with Crippen molar-refractivity contribution in [3.8, 4) is 5.75 Å². The van der Waals surface area contributed by atoms with Gasteiger partial charge < -0.3 is 4.74 Å². The Hall–Kier alpha value is -3.22. The molecule has 0 unspecified atom stereocenters. The van der Waals surface area contributed by atoms with Crippen molar-refractivity contribution >= 4 is 16.6 Å². The van der Waals surface area contributed by atoms with Gasteiger partial charge in [0.25, 0.3) is 0 Å². The van der Waals surface area contributed by atoms with Crippen molar-refractivity contribution in [2.75, 3.05) is 19.2 Å². The van der Waals surface area contributed by atoms with Gasteiger partial charge >= 0.3 is 5.56 Å². The van der Waals surface area contributed by atoms with Gasteiger partial charge in [-0.25, -0.2) is 9.78 Å². The number of nitrogens with one attached hydrogen (secondary N) is 1. The molecular formula is C19H22N5O2+. The lowest BCUT2D eigenvalue weighted by Crippen LogP contribution is -2.38. The second kappa shape index (κ2) is 7.77. The zero-order valence-corrected chi connectivity index (χ0v) is 15.1. The Morgan fingerprint density at radius 1 is 1.15 bits per heavy atom. The van der Waals surface area contributed by atoms with Crippen LogP contribution in [0.3, 0.4) is 0 Å². The first-order valence-electron chi connectivity index (χ1n) is 8.56. The van der Waals surface area contributed by atoms with Crippen molar-refractivity contribution in [2.45, 2.75) is 20.3 Å². The Morgan fingerprint density at radius 3 is 2.54 bits per heavy atom. The summed E-state index contributed by atoms with van der Waals surface area (Å²) in [5, 5.41) is 5.09. The average Bonchev–Trinajstić information content (AvgIpc) is 2.69. The molecule has 0 fully saturated rings. The van der Waals surface area contributed by atoms with Gasteiger partial charge in [0.2, 0.25) is 5.82 Å². The van der Waals surface area contributed by atoms with Gasteiger partial charge in [0.05, 0.1) is 18.0 Å². The molecule has 0 aliphatic carbocycles. The molecular weight excluding hydrogens is 330 g/mol. The molecule has 7 heteroatoms. The summed E-state index contributed by atoms with van der Waals surface area (Å²) in [5.74, 6) is 1.42. The summed E-state index contributed by atoms with van der Waals surface area (Å²) in [4.78, 5) is 19.1. The number of azo groups is 1. The SMILES string of the molecule is CCc1nc2ccccc2c(=O)n1N[N+](CC)=Nc1ccc(OC)cc1. The van der Waals surface area contributed by atoms with E-state index in [1.54, 1.807) is 18.0 Å². The van der Waals surface area contributed by atoms with Crippen molar-refractivity contribution in [2.24, 2.45) is 5.11 Å². The Bertz CT molecular complexity index is 993. The number of benzene rings is 2. The topological polar surface area (TPSA) is 71.5 Å². The fourth-order valence-corrected chi connectivity index (χ4v) is 2.59. The Morgan fingerprint density at radius 2 is 1.88 bits per heavy atom. The molecule has 1 heterocycles.